The Morgan fingerprint density at radius 2 is 2.09 bits per heavy atom. The van der Waals surface area contributed by atoms with Crippen LogP contribution in [0.25, 0.3) is 21.3 Å². The second-order valence-corrected chi connectivity index (χ2v) is 9.55. The van der Waals surface area contributed by atoms with E-state index in [4.69, 9.17) is 14.9 Å². The minimum Gasteiger partial charge on any atom is -0.460 e. The molecule has 3 aromatic heterocycles. The zero-order chi connectivity index (χ0) is 21.7. The second-order valence-electron chi connectivity index (χ2n) is 8.55. The number of urea groups is 1. The van der Waals surface area contributed by atoms with Crippen molar-refractivity contribution in [2.75, 3.05) is 0 Å². The van der Waals surface area contributed by atoms with Crippen molar-refractivity contribution >= 4 is 38.7 Å². The number of aromatic nitrogens is 2. The number of ether oxygens (including phenoxy) is 1. The van der Waals surface area contributed by atoms with E-state index in [0.717, 1.165) is 53.7 Å². The van der Waals surface area contributed by atoms with E-state index in [1.54, 1.807) is 6.20 Å². The minimum atomic E-state index is -0.430. The van der Waals surface area contributed by atoms with E-state index in [1.165, 1.54) is 11.3 Å². The van der Waals surface area contributed by atoms with Crippen molar-refractivity contribution < 1.29 is 13.9 Å². The van der Waals surface area contributed by atoms with Crippen LogP contribution in [-0.4, -0.2) is 39.0 Å². The Morgan fingerprint density at radius 1 is 1.25 bits per heavy atom. The van der Waals surface area contributed by atoms with Crippen LogP contribution in [0.3, 0.4) is 0 Å². The Labute approximate surface area is 188 Å². The molecule has 8 nitrogen and oxygen atoms in total. The van der Waals surface area contributed by atoms with E-state index in [0.29, 0.717) is 28.7 Å². The molecular formula is C23H23N5O3S. The van der Waals surface area contributed by atoms with Crippen LogP contribution in [-0.2, 0) is 6.54 Å². The molecule has 0 saturated carbocycles. The topological polar surface area (TPSA) is 107 Å². The first-order valence-corrected chi connectivity index (χ1v) is 11.7. The number of furan rings is 1. The predicted molar refractivity (Wildman–Crippen MR) is 122 cm³/mol. The summed E-state index contributed by atoms with van der Waals surface area (Å²) in [4.78, 5) is 22.4. The van der Waals surface area contributed by atoms with Crippen LogP contribution >= 0.6 is 11.3 Å². The number of amides is 2. The lowest BCUT2D eigenvalue weighted by atomic mass is 9.97. The molecule has 0 radical (unpaired) electrons. The van der Waals surface area contributed by atoms with E-state index < -0.39 is 6.03 Å². The molecule has 5 heterocycles. The molecule has 2 saturated heterocycles. The van der Waals surface area contributed by atoms with E-state index >= 15 is 0 Å². The number of pyridine rings is 1. The Hall–Kier alpha value is -3.17. The first kappa shape index (κ1) is 19.5. The summed E-state index contributed by atoms with van der Waals surface area (Å²) >= 11 is 1.47. The van der Waals surface area contributed by atoms with Crippen LogP contribution in [0, 0.1) is 0 Å². The fourth-order valence-corrected chi connectivity index (χ4v) is 5.93. The average molecular weight is 450 g/mol. The molecule has 2 aliphatic heterocycles. The monoisotopic (exact) mass is 449 g/mol. The molecule has 2 unspecified atom stereocenters. The van der Waals surface area contributed by atoms with E-state index in [1.807, 2.05) is 30.3 Å². The second kappa shape index (κ2) is 7.75. The lowest BCUT2D eigenvalue weighted by Crippen LogP contribution is -2.50. The number of carbonyl (C=O) groups excluding carboxylic acids is 1. The number of nitrogens with two attached hydrogens (primary N) is 1. The number of thiazole rings is 1. The van der Waals surface area contributed by atoms with Gasteiger partial charge in [0.2, 0.25) is 0 Å². The van der Waals surface area contributed by atoms with Gasteiger partial charge in [-0.05, 0) is 56.0 Å². The number of piperidine rings is 1. The smallest absolute Gasteiger partial charge is 0.312 e. The molecule has 0 aliphatic carbocycles. The maximum Gasteiger partial charge on any atom is 0.312 e. The third-order valence-electron chi connectivity index (χ3n) is 6.46. The van der Waals surface area contributed by atoms with Gasteiger partial charge in [0.05, 0.1) is 11.2 Å². The number of fused-ring (bicyclic) bond motifs is 4. The summed E-state index contributed by atoms with van der Waals surface area (Å²) in [6.45, 7) is 0.771. The summed E-state index contributed by atoms with van der Waals surface area (Å²) in [7, 11) is 0. The van der Waals surface area contributed by atoms with Crippen LogP contribution in [0.4, 0.5) is 4.79 Å². The van der Waals surface area contributed by atoms with Crippen molar-refractivity contribution in [3.8, 4) is 10.9 Å². The molecule has 6 rings (SSSR count). The Morgan fingerprint density at radius 3 is 2.88 bits per heavy atom. The molecule has 0 spiro atoms. The number of rotatable bonds is 5. The van der Waals surface area contributed by atoms with Crippen LogP contribution in [0.5, 0.6) is 10.9 Å². The molecule has 1 aromatic carbocycles. The molecule has 3 N–H and O–H groups in total. The minimum absolute atomic E-state index is 0.175. The SMILES string of the molecule is NC(=O)NC1CC2CCC(C1)N2Cc1cc2ccc(Oc3nc4ncccc4s3)cc2o1. The van der Waals surface area contributed by atoms with Crippen molar-refractivity contribution in [1.29, 1.82) is 0 Å². The first-order valence-electron chi connectivity index (χ1n) is 10.8. The zero-order valence-electron chi connectivity index (χ0n) is 17.4. The van der Waals surface area contributed by atoms with Gasteiger partial charge in [0, 0.05) is 35.8 Å². The molecule has 164 valence electrons. The molecule has 2 atom stereocenters. The van der Waals surface area contributed by atoms with Crippen LogP contribution < -0.4 is 15.8 Å². The number of hydrogen-bond acceptors (Lipinski definition) is 7. The molecule has 4 aromatic rings. The lowest BCUT2D eigenvalue weighted by molar-refractivity contribution is 0.104. The van der Waals surface area contributed by atoms with E-state index in [-0.39, 0.29) is 6.04 Å². The van der Waals surface area contributed by atoms with Gasteiger partial charge < -0.3 is 20.2 Å². The highest BCUT2D eigenvalue weighted by atomic mass is 32.1. The molecular weight excluding hydrogens is 426 g/mol. The summed E-state index contributed by atoms with van der Waals surface area (Å²) in [5.74, 6) is 1.63. The zero-order valence-corrected chi connectivity index (χ0v) is 18.2. The van der Waals surface area contributed by atoms with Gasteiger partial charge in [-0.25, -0.2) is 9.78 Å². The quantitative estimate of drug-likeness (QED) is 0.468. The number of benzene rings is 1. The summed E-state index contributed by atoms with van der Waals surface area (Å²) in [6.07, 6.45) is 5.91. The number of hydrogen-bond donors (Lipinski definition) is 2. The molecule has 2 aliphatic rings. The van der Waals surface area contributed by atoms with Crippen LogP contribution in [0.15, 0.2) is 47.0 Å². The molecule has 9 heteroatoms. The normalized spacial score (nSPS) is 23.1. The van der Waals surface area contributed by atoms with Crippen LogP contribution in [0.1, 0.15) is 31.4 Å². The largest absolute Gasteiger partial charge is 0.460 e. The summed E-state index contributed by atoms with van der Waals surface area (Å²) in [5.41, 5.74) is 6.81. The van der Waals surface area contributed by atoms with Gasteiger partial charge in [0.15, 0.2) is 5.65 Å². The fourth-order valence-electron chi connectivity index (χ4n) is 5.13. The highest BCUT2D eigenvalue weighted by Gasteiger charge is 2.41. The first-order chi connectivity index (χ1) is 15.6. The maximum atomic E-state index is 11.2. The maximum absolute atomic E-state index is 11.2. The van der Waals surface area contributed by atoms with Gasteiger partial charge in [-0.1, -0.05) is 11.3 Å². The van der Waals surface area contributed by atoms with E-state index in [9.17, 15) is 4.79 Å². The van der Waals surface area contributed by atoms with Gasteiger partial charge in [-0.15, -0.1) is 0 Å². The highest BCUT2D eigenvalue weighted by Crippen LogP contribution is 2.38. The number of carbonyl (C=O) groups is 1. The van der Waals surface area contributed by atoms with Crippen molar-refractivity contribution in [2.45, 2.75) is 50.4 Å². The van der Waals surface area contributed by atoms with Gasteiger partial charge in [0.1, 0.15) is 17.1 Å². The van der Waals surface area contributed by atoms with Crippen molar-refractivity contribution in [3.05, 3.63) is 48.4 Å². The summed E-state index contributed by atoms with van der Waals surface area (Å²) in [6, 6.07) is 12.5. The van der Waals surface area contributed by atoms with Crippen molar-refractivity contribution in [3.63, 3.8) is 0 Å². The number of nitrogens with one attached hydrogen (secondary N) is 1. The fraction of sp³-hybridized carbons (Fsp3) is 0.348. The number of nitrogens with zero attached hydrogens (tertiary/aromatic N) is 3. The standard InChI is InChI=1S/C23H23N5O3S/c24-22(29)26-14-9-15-4-5-16(10-14)28(15)12-18-8-13-3-6-17(11-19(13)30-18)31-23-27-21-20(32-23)2-1-7-25-21/h1-3,6-8,11,14-16H,4-5,9-10,12H2,(H3,24,26,29). The molecule has 2 amide bonds. The number of primary amides is 1. The van der Waals surface area contributed by atoms with E-state index in [2.05, 4.69) is 26.3 Å². The Bertz CT molecular complexity index is 1250. The molecule has 2 fully saturated rings. The third-order valence-corrected chi connectivity index (χ3v) is 7.35. The highest BCUT2D eigenvalue weighted by molar-refractivity contribution is 7.20. The Balaban J connectivity index is 1.17. The predicted octanol–water partition coefficient (Wildman–Crippen LogP) is 4.39. The van der Waals surface area contributed by atoms with Gasteiger partial charge >= 0.3 is 6.03 Å². The average Bonchev–Trinajstić information content (AvgIpc) is 3.41. The van der Waals surface area contributed by atoms with Crippen molar-refractivity contribution in [2.24, 2.45) is 5.73 Å². The third kappa shape index (κ3) is 3.67. The summed E-state index contributed by atoms with van der Waals surface area (Å²) in [5, 5.41) is 4.51. The Kier molecular flexibility index (Phi) is 4.73. The van der Waals surface area contributed by atoms with Gasteiger partial charge in [-0.3, -0.25) is 4.90 Å². The van der Waals surface area contributed by atoms with Crippen LogP contribution in [0.2, 0.25) is 0 Å². The molecule has 32 heavy (non-hydrogen) atoms. The van der Waals surface area contributed by atoms with Gasteiger partial charge in [-0.2, -0.15) is 4.98 Å². The summed E-state index contributed by atoms with van der Waals surface area (Å²) < 4.78 is 13.1. The molecule has 2 bridgehead atoms. The lowest BCUT2D eigenvalue weighted by Gasteiger charge is -2.38. The van der Waals surface area contributed by atoms with Gasteiger partial charge in [0.25, 0.3) is 5.19 Å². The van der Waals surface area contributed by atoms with Crippen molar-refractivity contribution in [1.82, 2.24) is 20.2 Å².